The van der Waals surface area contributed by atoms with Crippen LogP contribution in [-0.2, 0) is 4.79 Å². The molecule has 0 radical (unpaired) electrons. The van der Waals surface area contributed by atoms with Crippen LogP contribution in [-0.4, -0.2) is 66.7 Å². The SMILES string of the molecule is CCN(C(=O)[C@H]1C[C@@H](F)CN1)C(CN=C(NC#N)Nc1cc(F)cc(OC(F)(F)F)c1)C(=N)c1ccc(Cl)c(Cl)c1. The van der Waals surface area contributed by atoms with Crippen LogP contribution >= 0.6 is 23.2 Å². The Morgan fingerprint density at radius 1 is 1.29 bits per heavy atom. The second kappa shape index (κ2) is 13.8. The average Bonchev–Trinajstić information content (AvgIpc) is 3.32. The van der Waals surface area contributed by atoms with Gasteiger partial charge in [-0.05, 0) is 30.7 Å². The lowest BCUT2D eigenvalue weighted by atomic mass is 10.0. The summed E-state index contributed by atoms with van der Waals surface area (Å²) in [7, 11) is 0. The lowest BCUT2D eigenvalue weighted by Gasteiger charge is -2.32. The zero-order chi connectivity index (χ0) is 30.3. The maximum absolute atomic E-state index is 14.0. The molecule has 3 atom stereocenters. The third kappa shape index (κ3) is 8.91. The molecular formula is C25H24Cl2F5N7O2. The summed E-state index contributed by atoms with van der Waals surface area (Å²) in [5.41, 5.74) is -0.0508. The molecule has 1 amide bonds. The van der Waals surface area contributed by atoms with Gasteiger partial charge in [-0.2, -0.15) is 5.26 Å². The van der Waals surface area contributed by atoms with Gasteiger partial charge in [-0.25, -0.2) is 13.8 Å². The fourth-order valence-corrected chi connectivity index (χ4v) is 4.42. The molecule has 0 aliphatic carbocycles. The molecule has 1 aliphatic heterocycles. The maximum atomic E-state index is 14.0. The van der Waals surface area contributed by atoms with Gasteiger partial charge >= 0.3 is 6.36 Å². The highest BCUT2D eigenvalue weighted by Gasteiger charge is 2.36. The van der Waals surface area contributed by atoms with Gasteiger partial charge in [0.15, 0.2) is 6.19 Å². The number of hydrogen-bond acceptors (Lipinski definition) is 6. The Morgan fingerprint density at radius 2 is 2.02 bits per heavy atom. The quantitative estimate of drug-likeness (QED) is 0.104. The summed E-state index contributed by atoms with van der Waals surface area (Å²) in [5, 5.41) is 25.9. The minimum Gasteiger partial charge on any atom is -0.406 e. The zero-order valence-electron chi connectivity index (χ0n) is 21.3. The number of carbonyl (C=O) groups is 1. The fourth-order valence-electron chi connectivity index (χ4n) is 4.12. The summed E-state index contributed by atoms with van der Waals surface area (Å²) < 4.78 is 69.5. The Hall–Kier alpha value is -3.67. The van der Waals surface area contributed by atoms with E-state index in [9.17, 15) is 32.0 Å². The van der Waals surface area contributed by atoms with Crippen molar-refractivity contribution in [2.75, 3.05) is 25.0 Å². The van der Waals surface area contributed by atoms with E-state index in [1.165, 1.54) is 23.1 Å². The van der Waals surface area contributed by atoms with Gasteiger partial charge < -0.3 is 25.7 Å². The summed E-state index contributed by atoms with van der Waals surface area (Å²) in [6, 6.07) is 4.69. The molecular weight excluding hydrogens is 596 g/mol. The number of benzene rings is 2. The van der Waals surface area contributed by atoms with Crippen molar-refractivity contribution in [3.8, 4) is 11.9 Å². The molecule has 1 heterocycles. The molecule has 0 spiro atoms. The van der Waals surface area contributed by atoms with E-state index in [4.69, 9.17) is 28.6 Å². The molecule has 2 aromatic carbocycles. The van der Waals surface area contributed by atoms with Gasteiger partial charge in [0.2, 0.25) is 11.9 Å². The number of ether oxygens (including phenoxy) is 1. The summed E-state index contributed by atoms with van der Waals surface area (Å²) >= 11 is 12.1. The van der Waals surface area contributed by atoms with Crippen LogP contribution in [0.5, 0.6) is 5.75 Å². The highest BCUT2D eigenvalue weighted by Crippen LogP contribution is 2.27. The first-order chi connectivity index (χ1) is 19.3. The Bertz CT molecular complexity index is 1350. The first-order valence-corrected chi connectivity index (χ1v) is 12.8. The predicted molar refractivity (Wildman–Crippen MR) is 144 cm³/mol. The van der Waals surface area contributed by atoms with E-state index in [1.54, 1.807) is 13.1 Å². The van der Waals surface area contributed by atoms with Gasteiger partial charge in [0, 0.05) is 37.3 Å². The van der Waals surface area contributed by atoms with Gasteiger partial charge in [-0.3, -0.25) is 10.1 Å². The van der Waals surface area contributed by atoms with Crippen LogP contribution in [0.4, 0.5) is 27.6 Å². The number of hydrogen-bond donors (Lipinski definition) is 4. The molecule has 0 aromatic heterocycles. The third-order valence-corrected chi connectivity index (χ3v) is 6.64. The molecule has 1 unspecified atom stereocenters. The molecule has 0 saturated carbocycles. The Kier molecular flexibility index (Phi) is 10.7. The van der Waals surface area contributed by atoms with Crippen LogP contribution in [0.25, 0.3) is 0 Å². The van der Waals surface area contributed by atoms with Crippen LogP contribution in [0.1, 0.15) is 18.9 Å². The molecule has 41 heavy (non-hydrogen) atoms. The van der Waals surface area contributed by atoms with Crippen molar-refractivity contribution in [1.29, 1.82) is 10.7 Å². The number of likely N-dealkylation sites (N-methyl/N-ethyl adjacent to an activating group) is 1. The molecule has 1 saturated heterocycles. The van der Waals surface area contributed by atoms with Crippen LogP contribution in [0.2, 0.25) is 10.0 Å². The van der Waals surface area contributed by atoms with E-state index in [2.05, 4.69) is 25.7 Å². The number of anilines is 1. The number of carbonyl (C=O) groups excluding carboxylic acids is 1. The number of amides is 1. The van der Waals surface area contributed by atoms with Crippen molar-refractivity contribution < 1.29 is 31.5 Å². The highest BCUT2D eigenvalue weighted by atomic mass is 35.5. The van der Waals surface area contributed by atoms with E-state index < -0.39 is 42.1 Å². The lowest BCUT2D eigenvalue weighted by Crippen LogP contribution is -2.52. The average molecular weight is 620 g/mol. The molecule has 1 fully saturated rings. The summed E-state index contributed by atoms with van der Waals surface area (Å²) in [6.07, 6.45) is -4.75. The molecule has 1 aliphatic rings. The normalized spacial score (nSPS) is 17.9. The standard InChI is InChI=1S/C25H24Cl2F5N7O2/c1-2-39(23(40)20-8-15(29)10-35-20)21(22(34)13-3-4-18(26)19(27)5-13)11-36-24(37-12-33)38-16-6-14(28)7-17(9-16)41-25(30,31)32/h3-7,9,15,20-21,34-35H,2,8,10-11H2,1H3,(H2,36,37,38)/t15-,20-,21?/m1/s1. The van der Waals surface area contributed by atoms with Crippen molar-refractivity contribution in [1.82, 2.24) is 15.5 Å². The largest absolute Gasteiger partial charge is 0.573 e. The van der Waals surface area contributed by atoms with Gasteiger partial charge in [-0.1, -0.05) is 29.3 Å². The first kappa shape index (κ1) is 31.9. The fraction of sp³-hybridized carbons (Fsp3) is 0.360. The number of nitriles is 1. The van der Waals surface area contributed by atoms with Gasteiger partial charge in [0.1, 0.15) is 17.7 Å². The van der Waals surface area contributed by atoms with E-state index in [-0.39, 0.29) is 53.5 Å². The molecule has 2 aromatic rings. The van der Waals surface area contributed by atoms with E-state index in [1.807, 2.05) is 0 Å². The molecule has 0 bridgehead atoms. The number of guanidine groups is 1. The van der Waals surface area contributed by atoms with Crippen LogP contribution in [0.15, 0.2) is 41.4 Å². The Balaban J connectivity index is 1.95. The minimum atomic E-state index is -5.07. The van der Waals surface area contributed by atoms with Crippen molar-refractivity contribution in [3.63, 3.8) is 0 Å². The topological polar surface area (TPSA) is 126 Å². The number of aliphatic imine (C=N–C) groups is 1. The van der Waals surface area contributed by atoms with Gasteiger partial charge in [-0.15, -0.1) is 13.2 Å². The lowest BCUT2D eigenvalue weighted by molar-refractivity contribution is -0.274. The molecule has 4 N–H and O–H groups in total. The monoisotopic (exact) mass is 619 g/mol. The van der Waals surface area contributed by atoms with E-state index >= 15 is 0 Å². The molecule has 220 valence electrons. The minimum absolute atomic E-state index is 0.00511. The second-order valence-electron chi connectivity index (χ2n) is 8.75. The number of nitrogens with one attached hydrogen (secondary N) is 4. The van der Waals surface area contributed by atoms with Crippen molar-refractivity contribution in [3.05, 3.63) is 57.8 Å². The number of alkyl halides is 4. The Morgan fingerprint density at radius 3 is 2.61 bits per heavy atom. The number of nitrogens with zero attached hydrogens (tertiary/aromatic N) is 3. The van der Waals surface area contributed by atoms with Crippen molar-refractivity contribution in [2.24, 2.45) is 4.99 Å². The third-order valence-electron chi connectivity index (χ3n) is 5.90. The zero-order valence-corrected chi connectivity index (χ0v) is 22.8. The number of halogens is 7. The van der Waals surface area contributed by atoms with Crippen LogP contribution < -0.4 is 20.7 Å². The Labute approximate surface area is 241 Å². The van der Waals surface area contributed by atoms with Crippen molar-refractivity contribution >= 4 is 46.5 Å². The maximum Gasteiger partial charge on any atom is 0.573 e. The molecule has 3 rings (SSSR count). The van der Waals surface area contributed by atoms with Gasteiger partial charge in [0.25, 0.3) is 0 Å². The molecule has 16 heteroatoms. The first-order valence-electron chi connectivity index (χ1n) is 12.1. The highest BCUT2D eigenvalue weighted by molar-refractivity contribution is 6.42. The number of rotatable bonds is 9. The van der Waals surface area contributed by atoms with Crippen LogP contribution in [0.3, 0.4) is 0 Å². The van der Waals surface area contributed by atoms with Crippen LogP contribution in [0, 0.1) is 22.7 Å². The van der Waals surface area contributed by atoms with Crippen molar-refractivity contribution in [2.45, 2.75) is 38.0 Å². The van der Waals surface area contributed by atoms with E-state index in [0.717, 1.165) is 12.1 Å². The predicted octanol–water partition coefficient (Wildman–Crippen LogP) is 4.85. The second-order valence-corrected chi connectivity index (χ2v) is 9.57. The summed E-state index contributed by atoms with van der Waals surface area (Å²) in [6.45, 7) is 1.39. The van der Waals surface area contributed by atoms with Gasteiger partial charge in [0.05, 0.1) is 34.4 Å². The summed E-state index contributed by atoms with van der Waals surface area (Å²) in [5.74, 6) is -2.73. The smallest absolute Gasteiger partial charge is 0.406 e. The molecule has 9 nitrogen and oxygen atoms in total. The van der Waals surface area contributed by atoms with E-state index in [0.29, 0.717) is 11.6 Å². The summed E-state index contributed by atoms with van der Waals surface area (Å²) in [4.78, 5) is 18.9.